The maximum Gasteiger partial charge on any atom is 0.304 e. The lowest BCUT2D eigenvalue weighted by molar-refractivity contribution is 0.148. The monoisotopic (exact) mass is 258 g/mol. The molecule has 0 aromatic rings. The zero-order chi connectivity index (χ0) is 11.3. The Labute approximate surface area is 91.9 Å². The minimum atomic E-state index is -3.51. The van der Waals surface area contributed by atoms with Gasteiger partial charge in [0.25, 0.3) is 10.1 Å². The van der Waals surface area contributed by atoms with Crippen LogP contribution in [0.4, 0.5) is 0 Å². The number of rotatable bonds is 5. The normalized spacial score (nSPS) is 27.4. The molecule has 1 aliphatic heterocycles. The van der Waals surface area contributed by atoms with Gasteiger partial charge < -0.3 is 0 Å². The van der Waals surface area contributed by atoms with Gasteiger partial charge in [0.05, 0.1) is 19.3 Å². The third-order valence-corrected chi connectivity index (χ3v) is 3.79. The van der Waals surface area contributed by atoms with E-state index in [1.54, 1.807) is 0 Å². The molecule has 0 N–H and O–H groups in total. The quantitative estimate of drug-likeness (QED) is 0.652. The van der Waals surface area contributed by atoms with Gasteiger partial charge in [0.2, 0.25) is 0 Å². The van der Waals surface area contributed by atoms with E-state index in [1.807, 2.05) is 6.92 Å². The molecule has 2 atom stereocenters. The van der Waals surface area contributed by atoms with Crippen LogP contribution >= 0.6 is 0 Å². The van der Waals surface area contributed by atoms with Crippen LogP contribution in [0.3, 0.4) is 0 Å². The lowest BCUT2D eigenvalue weighted by atomic mass is 10.3. The topological polar surface area (TPSA) is 78.9 Å². The van der Waals surface area contributed by atoms with Crippen molar-refractivity contribution in [3.63, 3.8) is 0 Å². The second-order valence-corrected chi connectivity index (χ2v) is 5.60. The van der Waals surface area contributed by atoms with E-state index in [0.717, 1.165) is 6.42 Å². The summed E-state index contributed by atoms with van der Waals surface area (Å²) < 4.78 is 47.3. The Balaban J connectivity index is 2.35. The average molecular weight is 258 g/mol. The van der Waals surface area contributed by atoms with Gasteiger partial charge in [-0.15, -0.1) is 0 Å². The van der Waals surface area contributed by atoms with Crippen LogP contribution in [0.25, 0.3) is 0 Å². The van der Waals surface area contributed by atoms with Gasteiger partial charge in [-0.2, -0.15) is 12.6 Å². The first kappa shape index (κ1) is 13.0. The van der Waals surface area contributed by atoms with Crippen LogP contribution in [0.15, 0.2) is 0 Å². The molecule has 6 nitrogen and oxygen atoms in total. The molecular weight excluding hydrogens is 244 g/mol. The molecule has 1 fully saturated rings. The smallest absolute Gasteiger partial charge is 0.270 e. The Morgan fingerprint density at radius 3 is 2.87 bits per heavy atom. The second-order valence-electron chi connectivity index (χ2n) is 3.08. The molecule has 0 bridgehead atoms. The minimum absolute atomic E-state index is 0.0674. The molecule has 0 amide bonds. The highest BCUT2D eigenvalue weighted by Crippen LogP contribution is 2.14. The van der Waals surface area contributed by atoms with Crippen molar-refractivity contribution in [2.24, 2.45) is 0 Å². The van der Waals surface area contributed by atoms with Crippen molar-refractivity contribution in [2.45, 2.75) is 25.9 Å². The maximum atomic E-state index is 11.1. The second kappa shape index (κ2) is 5.90. The molecule has 1 saturated heterocycles. The molecule has 2 unspecified atom stereocenters. The van der Waals surface area contributed by atoms with E-state index in [0.29, 0.717) is 13.0 Å². The molecule has 0 aliphatic carbocycles. The minimum Gasteiger partial charge on any atom is -0.270 e. The Morgan fingerprint density at radius 1 is 1.53 bits per heavy atom. The molecule has 8 heteroatoms. The molecule has 0 spiro atoms. The fraction of sp³-hybridized carbons (Fsp3) is 1.00. The van der Waals surface area contributed by atoms with E-state index in [1.165, 1.54) is 0 Å². The van der Waals surface area contributed by atoms with Crippen molar-refractivity contribution >= 4 is 21.5 Å². The van der Waals surface area contributed by atoms with Crippen LogP contribution in [-0.4, -0.2) is 37.7 Å². The average Bonchev–Trinajstić information content (AvgIpc) is 2.13. The molecule has 90 valence electrons. The molecule has 0 aromatic heterocycles. The molecule has 1 heterocycles. The van der Waals surface area contributed by atoms with Crippen LogP contribution in [0.1, 0.15) is 19.8 Å². The molecule has 1 rings (SSSR count). The first-order valence-corrected chi connectivity index (χ1v) is 7.20. The Morgan fingerprint density at radius 2 is 2.27 bits per heavy atom. The first-order chi connectivity index (χ1) is 7.03. The zero-order valence-corrected chi connectivity index (χ0v) is 10.0. The number of hydrogen-bond donors (Lipinski definition) is 0. The third kappa shape index (κ3) is 5.03. The Bertz CT molecular complexity index is 311. The molecule has 0 radical (unpaired) electrons. The van der Waals surface area contributed by atoms with Gasteiger partial charge >= 0.3 is 11.4 Å². The van der Waals surface area contributed by atoms with Crippen molar-refractivity contribution in [3.05, 3.63) is 0 Å². The highest BCUT2D eigenvalue weighted by Gasteiger charge is 2.28. The van der Waals surface area contributed by atoms with Crippen molar-refractivity contribution < 1.29 is 25.2 Å². The third-order valence-electron chi connectivity index (χ3n) is 1.69. The molecule has 0 saturated carbocycles. The van der Waals surface area contributed by atoms with E-state index < -0.39 is 27.6 Å². The fourth-order valence-corrected chi connectivity index (χ4v) is 3.00. The molecule has 15 heavy (non-hydrogen) atoms. The highest BCUT2D eigenvalue weighted by atomic mass is 32.2. The van der Waals surface area contributed by atoms with Crippen molar-refractivity contribution in [3.8, 4) is 0 Å². The van der Waals surface area contributed by atoms with Crippen LogP contribution in [0.2, 0.25) is 0 Å². The van der Waals surface area contributed by atoms with Crippen LogP contribution in [-0.2, 0) is 34.0 Å². The van der Waals surface area contributed by atoms with Crippen molar-refractivity contribution in [1.82, 2.24) is 0 Å². The van der Waals surface area contributed by atoms with Crippen LogP contribution in [0.5, 0.6) is 0 Å². The molecular formula is C7H14O6S2. The highest BCUT2D eigenvalue weighted by molar-refractivity contribution is 7.86. The summed E-state index contributed by atoms with van der Waals surface area (Å²) in [6.45, 7) is 2.26. The summed E-state index contributed by atoms with van der Waals surface area (Å²) in [5.41, 5.74) is 0. The largest absolute Gasteiger partial charge is 0.304 e. The van der Waals surface area contributed by atoms with Crippen molar-refractivity contribution in [2.75, 3.05) is 19.0 Å². The fourth-order valence-electron chi connectivity index (χ4n) is 1.03. The van der Waals surface area contributed by atoms with E-state index in [9.17, 15) is 12.6 Å². The van der Waals surface area contributed by atoms with E-state index in [4.69, 9.17) is 8.37 Å². The summed E-state index contributed by atoms with van der Waals surface area (Å²) in [6, 6.07) is 0. The summed E-state index contributed by atoms with van der Waals surface area (Å²) in [5, 5.41) is 0. The van der Waals surface area contributed by atoms with Gasteiger partial charge in [-0.25, -0.2) is 0 Å². The predicted molar refractivity (Wildman–Crippen MR) is 53.6 cm³/mol. The summed E-state index contributed by atoms with van der Waals surface area (Å²) in [6.07, 6.45) is 0.517. The summed E-state index contributed by atoms with van der Waals surface area (Å²) in [5.74, 6) is -0.270. The summed E-state index contributed by atoms with van der Waals surface area (Å²) >= 11 is -1.87. The van der Waals surface area contributed by atoms with Crippen LogP contribution in [0, 0.1) is 0 Å². The zero-order valence-electron chi connectivity index (χ0n) is 8.38. The molecule has 0 aromatic carbocycles. The molecule has 1 aliphatic rings. The lowest BCUT2D eigenvalue weighted by Crippen LogP contribution is -2.33. The number of hydrogen-bond acceptors (Lipinski definition) is 6. The lowest BCUT2D eigenvalue weighted by Gasteiger charge is -2.20. The summed E-state index contributed by atoms with van der Waals surface area (Å²) in [7, 11) is -3.51. The first-order valence-electron chi connectivity index (χ1n) is 4.63. The van der Waals surface area contributed by atoms with E-state index in [-0.39, 0.29) is 12.4 Å². The Kier molecular flexibility index (Phi) is 5.13. The maximum absolute atomic E-state index is 11.1. The van der Waals surface area contributed by atoms with Gasteiger partial charge in [-0.05, 0) is 6.42 Å². The van der Waals surface area contributed by atoms with Gasteiger partial charge in [0.1, 0.15) is 5.75 Å². The summed E-state index contributed by atoms with van der Waals surface area (Å²) in [4.78, 5) is 0. The van der Waals surface area contributed by atoms with Crippen LogP contribution < -0.4 is 0 Å². The Hall–Kier alpha value is -0.0200. The van der Waals surface area contributed by atoms with Gasteiger partial charge in [-0.1, -0.05) is 6.92 Å². The van der Waals surface area contributed by atoms with Gasteiger partial charge in [-0.3, -0.25) is 12.5 Å². The van der Waals surface area contributed by atoms with Gasteiger partial charge in [0.15, 0.2) is 0 Å². The predicted octanol–water partition coefficient (Wildman–Crippen LogP) is 0.127. The van der Waals surface area contributed by atoms with Crippen molar-refractivity contribution in [1.29, 1.82) is 0 Å². The van der Waals surface area contributed by atoms with E-state index >= 15 is 0 Å². The standard InChI is InChI=1S/C7H14O6S2/c1-2-4-11-14(8)13-7-3-5-12-15(9,10)6-7/h7H,2-6H2,1H3. The SMILES string of the molecule is CCCOS(=O)OC1CCOS(=O)(=O)C1. The van der Waals surface area contributed by atoms with E-state index in [2.05, 4.69) is 4.18 Å². The van der Waals surface area contributed by atoms with Gasteiger partial charge in [0, 0.05) is 6.42 Å².